The minimum atomic E-state index is -1.23. The molecule has 0 radical (unpaired) electrons. The summed E-state index contributed by atoms with van der Waals surface area (Å²) in [5.74, 6) is 0.484. The Hall–Kier alpha value is -5.40. The van der Waals surface area contributed by atoms with E-state index in [0.29, 0.717) is 37.6 Å². The van der Waals surface area contributed by atoms with Crippen LogP contribution in [0.15, 0.2) is 67.0 Å². The van der Waals surface area contributed by atoms with E-state index in [2.05, 4.69) is 57.0 Å². The molecule has 3 aromatic rings. The Kier molecular flexibility index (Phi) is 11.1. The number of rotatable bonds is 11. The van der Waals surface area contributed by atoms with Gasteiger partial charge in [-0.05, 0) is 43.1 Å². The van der Waals surface area contributed by atoms with Gasteiger partial charge in [0.2, 0.25) is 11.8 Å². The van der Waals surface area contributed by atoms with Gasteiger partial charge in [0.1, 0.15) is 23.7 Å². The first-order valence-electron chi connectivity index (χ1n) is 18.4. The number of imidazole rings is 2. The molecule has 4 amide bonds. The fourth-order valence-corrected chi connectivity index (χ4v) is 7.80. The molecule has 6 rings (SSSR count). The van der Waals surface area contributed by atoms with Crippen molar-refractivity contribution in [1.82, 2.24) is 40.4 Å². The summed E-state index contributed by atoms with van der Waals surface area (Å²) in [7, 11) is 1.28. The quantitative estimate of drug-likeness (QED) is 0.164. The first-order valence-corrected chi connectivity index (χ1v) is 18.4. The Morgan fingerprint density at radius 3 is 1.75 bits per heavy atom. The SMILES string of the molecule is COC(=O)N[C@H](C(=O)N1CCC[C@H]1c1ncc(C2(c3cnc([C@@H]4CCCN4C(=O)[C@@H](NC(=O)O)C(C)C)[nH]3)C=CC(c3ccccc3)C=C2)[nH]1)C(C)C. The van der Waals surface area contributed by atoms with Crippen molar-refractivity contribution in [3.63, 3.8) is 0 Å². The second-order valence-electron chi connectivity index (χ2n) is 14.8. The first kappa shape index (κ1) is 37.4. The topological polar surface area (TPSA) is 186 Å². The molecule has 4 atom stereocenters. The van der Waals surface area contributed by atoms with Crippen LogP contribution in [0.4, 0.5) is 9.59 Å². The highest BCUT2D eigenvalue weighted by Crippen LogP contribution is 2.42. The van der Waals surface area contributed by atoms with Gasteiger partial charge in [-0.25, -0.2) is 19.6 Å². The van der Waals surface area contributed by atoms with E-state index >= 15 is 0 Å². The van der Waals surface area contributed by atoms with Gasteiger partial charge >= 0.3 is 12.2 Å². The van der Waals surface area contributed by atoms with Crippen LogP contribution in [0.25, 0.3) is 0 Å². The van der Waals surface area contributed by atoms with Crippen LogP contribution in [0, 0.1) is 11.8 Å². The molecule has 0 saturated carbocycles. The summed E-state index contributed by atoms with van der Waals surface area (Å²) >= 11 is 0. The monoisotopic (exact) mass is 726 g/mol. The maximum absolute atomic E-state index is 13.8. The van der Waals surface area contributed by atoms with Crippen LogP contribution in [0.3, 0.4) is 0 Å². The highest BCUT2D eigenvalue weighted by atomic mass is 16.5. The number of nitrogens with zero attached hydrogens (tertiary/aromatic N) is 4. The summed E-state index contributed by atoms with van der Waals surface area (Å²) in [4.78, 5) is 71.5. The van der Waals surface area contributed by atoms with Crippen LogP contribution in [0.2, 0.25) is 0 Å². The number of carbonyl (C=O) groups is 4. The van der Waals surface area contributed by atoms with Crippen molar-refractivity contribution >= 4 is 24.0 Å². The number of methoxy groups -OCH3 is 1. The zero-order valence-electron chi connectivity index (χ0n) is 30.9. The second-order valence-corrected chi connectivity index (χ2v) is 14.8. The van der Waals surface area contributed by atoms with Crippen molar-refractivity contribution in [2.45, 2.75) is 88.9 Å². The summed E-state index contributed by atoms with van der Waals surface area (Å²) in [5, 5.41) is 14.5. The molecular weight excluding hydrogens is 676 g/mol. The number of nitrogens with one attached hydrogen (secondary N) is 4. The number of hydrogen-bond acceptors (Lipinski definition) is 7. The molecule has 5 N–H and O–H groups in total. The number of carboxylic acid groups (broad SMARTS) is 1. The van der Waals surface area contributed by atoms with Gasteiger partial charge in [-0.3, -0.25) is 9.59 Å². The zero-order chi connectivity index (χ0) is 37.9. The third kappa shape index (κ3) is 7.58. The minimum Gasteiger partial charge on any atom is -0.465 e. The first-order chi connectivity index (χ1) is 25.4. The fraction of sp³-hybridized carbons (Fsp3) is 0.487. The standard InChI is InChI=1S/C39H50N8O6/c1-23(2)31(44-37(50)51)35(48)46-19-9-13-27(46)33-40-21-29(42-33)39(17-15-26(16-18-39)25-11-7-6-8-12-25)30-22-41-34(43-30)28-14-10-20-47(28)36(49)32(24(3)4)45-38(52)53-5/h6-8,11-12,15-18,21-24,26-28,31-32,44H,9-10,13-14,19-20H2,1-5H3,(H,40,42)(H,41,43)(H,45,52)(H,50,51)/t26?,27-,28-,31-,32-,39?/m0/s1. The lowest BCUT2D eigenvalue weighted by Gasteiger charge is -2.31. The number of H-pyrrole nitrogens is 2. The smallest absolute Gasteiger partial charge is 0.407 e. The number of allylic oxidation sites excluding steroid dienone is 4. The number of benzene rings is 1. The van der Waals surface area contributed by atoms with E-state index < -0.39 is 29.7 Å². The molecule has 53 heavy (non-hydrogen) atoms. The van der Waals surface area contributed by atoms with Crippen LogP contribution in [-0.2, 0) is 19.7 Å². The summed E-state index contributed by atoms with van der Waals surface area (Å²) in [6.07, 6.45) is 13.2. The number of alkyl carbamates (subject to hydrolysis) is 1. The molecule has 3 aliphatic rings. The van der Waals surface area contributed by atoms with E-state index in [4.69, 9.17) is 14.7 Å². The Bertz CT molecular complexity index is 1830. The zero-order valence-corrected chi connectivity index (χ0v) is 30.9. The molecule has 2 aliphatic heterocycles. The van der Waals surface area contributed by atoms with Crippen molar-refractivity contribution < 1.29 is 29.0 Å². The van der Waals surface area contributed by atoms with E-state index in [1.165, 1.54) is 7.11 Å². The number of carbonyl (C=O) groups excluding carboxylic acids is 3. The molecule has 1 aromatic carbocycles. The van der Waals surface area contributed by atoms with Crippen molar-refractivity contribution in [3.05, 3.63) is 95.6 Å². The summed E-state index contributed by atoms with van der Waals surface area (Å²) in [5.41, 5.74) is 1.87. The highest BCUT2D eigenvalue weighted by molar-refractivity contribution is 5.87. The van der Waals surface area contributed by atoms with Gasteiger partial charge in [0.25, 0.3) is 0 Å². The number of amides is 4. The van der Waals surface area contributed by atoms with Gasteiger partial charge in [0, 0.05) is 31.4 Å². The van der Waals surface area contributed by atoms with E-state index in [9.17, 15) is 24.3 Å². The number of hydrogen-bond donors (Lipinski definition) is 5. The van der Waals surface area contributed by atoms with Gasteiger partial charge in [-0.15, -0.1) is 0 Å². The summed E-state index contributed by atoms with van der Waals surface area (Å²) in [6.45, 7) is 8.46. The summed E-state index contributed by atoms with van der Waals surface area (Å²) < 4.78 is 4.80. The van der Waals surface area contributed by atoms with Crippen molar-refractivity contribution in [1.29, 1.82) is 0 Å². The molecule has 2 aromatic heterocycles. The maximum atomic E-state index is 13.8. The van der Waals surface area contributed by atoms with Crippen molar-refractivity contribution in [2.24, 2.45) is 11.8 Å². The van der Waals surface area contributed by atoms with Gasteiger partial charge in [0.15, 0.2) is 0 Å². The van der Waals surface area contributed by atoms with Crippen LogP contribution >= 0.6 is 0 Å². The number of likely N-dealkylation sites (tertiary alicyclic amines) is 2. The molecule has 0 unspecified atom stereocenters. The van der Waals surface area contributed by atoms with Crippen LogP contribution in [-0.4, -0.2) is 91.1 Å². The van der Waals surface area contributed by atoms with Gasteiger partial charge < -0.3 is 40.2 Å². The molecule has 2 saturated heterocycles. The molecule has 2 fully saturated rings. The number of ether oxygens (including phenoxy) is 1. The van der Waals surface area contributed by atoms with Crippen LogP contribution in [0.1, 0.15) is 100.0 Å². The molecule has 0 bridgehead atoms. The second kappa shape index (κ2) is 15.7. The van der Waals surface area contributed by atoms with E-state index in [-0.39, 0.29) is 41.7 Å². The average molecular weight is 727 g/mol. The lowest BCUT2D eigenvalue weighted by atomic mass is 9.75. The molecule has 1 aliphatic carbocycles. The molecule has 14 nitrogen and oxygen atoms in total. The predicted octanol–water partition coefficient (Wildman–Crippen LogP) is 5.33. The number of aromatic nitrogens is 4. The number of aromatic amines is 2. The minimum absolute atomic E-state index is 0.0463. The predicted molar refractivity (Wildman–Crippen MR) is 197 cm³/mol. The Morgan fingerprint density at radius 2 is 1.30 bits per heavy atom. The third-order valence-electron chi connectivity index (χ3n) is 10.7. The fourth-order valence-electron chi connectivity index (χ4n) is 7.80. The van der Waals surface area contributed by atoms with Crippen LogP contribution < -0.4 is 10.6 Å². The van der Waals surface area contributed by atoms with Gasteiger partial charge in [-0.1, -0.05) is 82.3 Å². The molecule has 282 valence electrons. The lowest BCUT2D eigenvalue weighted by molar-refractivity contribution is -0.136. The average Bonchev–Trinajstić information content (AvgIpc) is 3.99. The molecular formula is C39H50N8O6. The van der Waals surface area contributed by atoms with E-state index in [1.807, 2.05) is 45.9 Å². The highest BCUT2D eigenvalue weighted by Gasteiger charge is 2.42. The Morgan fingerprint density at radius 1 is 0.811 bits per heavy atom. The Labute approximate surface area is 309 Å². The third-order valence-corrected chi connectivity index (χ3v) is 10.7. The van der Waals surface area contributed by atoms with E-state index in [1.54, 1.807) is 22.2 Å². The Balaban J connectivity index is 1.33. The van der Waals surface area contributed by atoms with Gasteiger partial charge in [-0.2, -0.15) is 0 Å². The van der Waals surface area contributed by atoms with Crippen LogP contribution in [0.5, 0.6) is 0 Å². The van der Waals surface area contributed by atoms with Crippen molar-refractivity contribution in [3.8, 4) is 0 Å². The lowest BCUT2D eigenvalue weighted by Crippen LogP contribution is -2.51. The summed E-state index contributed by atoms with van der Waals surface area (Å²) in [6, 6.07) is 7.94. The molecule has 0 spiro atoms. The molecule has 14 heteroatoms. The maximum Gasteiger partial charge on any atom is 0.407 e. The van der Waals surface area contributed by atoms with Gasteiger partial charge in [0.05, 0.1) is 36.0 Å². The largest absolute Gasteiger partial charge is 0.465 e. The molecule has 4 heterocycles. The van der Waals surface area contributed by atoms with Crippen molar-refractivity contribution in [2.75, 3.05) is 20.2 Å². The van der Waals surface area contributed by atoms with E-state index in [0.717, 1.165) is 29.8 Å². The normalized spacial score (nSPS) is 23.7.